The topological polar surface area (TPSA) is 107 Å². The molecule has 8 heteroatoms. The Labute approximate surface area is 175 Å². The molecular formula is C21H30N4O3S. The van der Waals surface area contributed by atoms with Gasteiger partial charge in [-0.2, -0.15) is 0 Å². The maximum absolute atomic E-state index is 13.0. The summed E-state index contributed by atoms with van der Waals surface area (Å²) >= 11 is 1.34. The molecule has 158 valence electrons. The summed E-state index contributed by atoms with van der Waals surface area (Å²) in [5.74, 6) is 0.681. The number of amides is 3. The number of carbonyl (C=O) groups excluding carboxylic acids is 2. The Morgan fingerprint density at radius 2 is 1.90 bits per heavy atom. The number of nitrogens with one attached hydrogen (secondary N) is 1. The number of nitrogens with two attached hydrogens (primary N) is 1. The highest BCUT2D eigenvalue weighted by Crippen LogP contribution is 2.19. The Hall–Kier alpha value is -2.35. The Morgan fingerprint density at radius 1 is 1.17 bits per heavy atom. The third kappa shape index (κ3) is 7.53. The number of thioether (sulfide) groups is 1. The van der Waals surface area contributed by atoms with Gasteiger partial charge in [0, 0.05) is 18.7 Å². The molecule has 1 aromatic carbocycles. The minimum atomic E-state index is -0.863. The summed E-state index contributed by atoms with van der Waals surface area (Å²) < 4.78 is 1.71. The van der Waals surface area contributed by atoms with E-state index in [4.69, 9.17) is 5.73 Å². The molecule has 2 rings (SSSR count). The van der Waals surface area contributed by atoms with Gasteiger partial charge in [0.1, 0.15) is 0 Å². The maximum atomic E-state index is 13.0. The molecule has 0 unspecified atom stereocenters. The van der Waals surface area contributed by atoms with Crippen molar-refractivity contribution in [3.8, 4) is 0 Å². The maximum Gasteiger partial charge on any atom is 0.318 e. The van der Waals surface area contributed by atoms with Crippen LogP contribution in [0.1, 0.15) is 52.4 Å². The number of rotatable bonds is 11. The van der Waals surface area contributed by atoms with Gasteiger partial charge in [0.2, 0.25) is 5.91 Å². The van der Waals surface area contributed by atoms with Crippen LogP contribution >= 0.6 is 11.8 Å². The highest BCUT2D eigenvalue weighted by Gasteiger charge is 2.12. The molecule has 3 N–H and O–H groups in total. The zero-order chi connectivity index (χ0) is 21.2. The molecule has 0 aliphatic rings. The third-order valence-corrected chi connectivity index (χ3v) is 5.54. The highest BCUT2D eigenvalue weighted by molar-refractivity contribution is 7.99. The number of nitrogens with zero attached hydrogens (tertiary/aromatic N) is 2. The molecular weight excluding hydrogens is 388 g/mol. The van der Waals surface area contributed by atoms with Crippen LogP contribution in [0.5, 0.6) is 0 Å². The largest absolute Gasteiger partial charge is 0.351 e. The number of primary amides is 1. The number of carbonyl (C=O) groups is 2. The monoisotopic (exact) mass is 418 g/mol. The van der Waals surface area contributed by atoms with Crippen LogP contribution < -0.4 is 16.6 Å². The molecule has 29 heavy (non-hydrogen) atoms. The van der Waals surface area contributed by atoms with E-state index in [-0.39, 0.29) is 12.0 Å². The van der Waals surface area contributed by atoms with Crippen molar-refractivity contribution >= 4 is 34.6 Å². The van der Waals surface area contributed by atoms with Gasteiger partial charge in [-0.3, -0.25) is 19.5 Å². The molecule has 1 heterocycles. The number of hydrogen-bond donors (Lipinski definition) is 2. The molecule has 0 radical (unpaired) electrons. The van der Waals surface area contributed by atoms with Crippen LogP contribution in [0.15, 0.2) is 34.2 Å². The lowest BCUT2D eigenvalue weighted by Crippen LogP contribution is -2.35. The Balaban J connectivity index is 2.06. The van der Waals surface area contributed by atoms with E-state index >= 15 is 0 Å². The van der Waals surface area contributed by atoms with Gasteiger partial charge in [0.15, 0.2) is 5.16 Å². The lowest BCUT2D eigenvalue weighted by atomic mass is 10.0. The number of fused-ring (bicyclic) bond motifs is 1. The number of unbranched alkanes of at least 4 members (excludes halogenated alkanes) is 3. The molecule has 0 aliphatic heterocycles. The molecule has 0 bridgehead atoms. The molecule has 7 nitrogen and oxygen atoms in total. The van der Waals surface area contributed by atoms with E-state index in [9.17, 15) is 14.4 Å². The van der Waals surface area contributed by atoms with Crippen molar-refractivity contribution in [2.45, 2.75) is 64.1 Å². The SMILES string of the molecule is CC(C)CCCCCCn1c(SCCC(=O)NC(N)=O)nc2ccccc2c1=O. The van der Waals surface area contributed by atoms with Crippen LogP contribution in [0.3, 0.4) is 0 Å². The summed E-state index contributed by atoms with van der Waals surface area (Å²) in [6.07, 6.45) is 5.69. The van der Waals surface area contributed by atoms with Gasteiger partial charge in [-0.05, 0) is 24.5 Å². The summed E-state index contributed by atoms with van der Waals surface area (Å²) in [6, 6.07) is 6.43. The number of imide groups is 1. The smallest absolute Gasteiger partial charge is 0.318 e. The summed E-state index contributed by atoms with van der Waals surface area (Å²) in [5, 5.41) is 3.24. The number of para-hydroxylation sites is 1. The molecule has 0 saturated heterocycles. The van der Waals surface area contributed by atoms with Gasteiger partial charge in [-0.25, -0.2) is 9.78 Å². The lowest BCUT2D eigenvalue weighted by molar-refractivity contribution is -0.119. The summed E-state index contributed by atoms with van der Waals surface area (Å²) in [4.78, 5) is 40.0. The number of benzene rings is 1. The lowest BCUT2D eigenvalue weighted by Gasteiger charge is -2.13. The van der Waals surface area contributed by atoms with Crippen LogP contribution in [-0.2, 0) is 11.3 Å². The van der Waals surface area contributed by atoms with Crippen molar-refractivity contribution in [3.63, 3.8) is 0 Å². The van der Waals surface area contributed by atoms with Gasteiger partial charge >= 0.3 is 6.03 Å². The summed E-state index contributed by atoms with van der Waals surface area (Å²) in [7, 11) is 0. The second-order valence-electron chi connectivity index (χ2n) is 7.48. The predicted molar refractivity (Wildman–Crippen MR) is 117 cm³/mol. The molecule has 0 spiro atoms. The average Bonchev–Trinajstić information content (AvgIpc) is 2.65. The summed E-state index contributed by atoms with van der Waals surface area (Å²) in [6.45, 7) is 5.06. The van der Waals surface area contributed by atoms with Crippen molar-refractivity contribution in [1.82, 2.24) is 14.9 Å². The second-order valence-corrected chi connectivity index (χ2v) is 8.54. The minimum absolute atomic E-state index is 0.0538. The first-order valence-corrected chi connectivity index (χ1v) is 11.1. The van der Waals surface area contributed by atoms with Crippen molar-refractivity contribution in [2.75, 3.05) is 5.75 Å². The Bertz CT molecular complexity index is 895. The van der Waals surface area contributed by atoms with E-state index in [0.29, 0.717) is 28.4 Å². The fourth-order valence-electron chi connectivity index (χ4n) is 3.07. The van der Waals surface area contributed by atoms with E-state index in [1.165, 1.54) is 24.6 Å². The van der Waals surface area contributed by atoms with Gasteiger partial charge in [0.25, 0.3) is 5.56 Å². The first kappa shape index (κ1) is 22.9. The van der Waals surface area contributed by atoms with Crippen molar-refractivity contribution < 1.29 is 9.59 Å². The number of urea groups is 1. The molecule has 0 saturated carbocycles. The number of aromatic nitrogens is 2. The zero-order valence-corrected chi connectivity index (χ0v) is 18.0. The van der Waals surface area contributed by atoms with E-state index in [0.717, 1.165) is 25.2 Å². The minimum Gasteiger partial charge on any atom is -0.351 e. The fourth-order valence-corrected chi connectivity index (χ4v) is 4.03. The van der Waals surface area contributed by atoms with Gasteiger partial charge < -0.3 is 5.73 Å². The number of hydrogen-bond acceptors (Lipinski definition) is 5. The van der Waals surface area contributed by atoms with Crippen molar-refractivity contribution in [2.24, 2.45) is 11.7 Å². The second kappa shape index (κ2) is 11.6. The normalized spacial score (nSPS) is 11.1. The fraction of sp³-hybridized carbons (Fsp3) is 0.524. The van der Waals surface area contributed by atoms with E-state index in [1.54, 1.807) is 10.6 Å². The summed E-state index contributed by atoms with van der Waals surface area (Å²) in [5.41, 5.74) is 5.55. The standard InChI is InChI=1S/C21H30N4O3S/c1-15(2)9-5-3-4-8-13-25-19(27)16-10-6-7-11-17(16)23-21(25)29-14-12-18(26)24-20(22)28/h6-7,10-11,15H,3-5,8-9,12-14H2,1-2H3,(H3,22,24,26,28). The Kier molecular flexibility index (Phi) is 9.18. The molecule has 0 aliphatic carbocycles. The van der Waals surface area contributed by atoms with Gasteiger partial charge in [-0.15, -0.1) is 0 Å². The molecule has 1 aromatic heterocycles. The van der Waals surface area contributed by atoms with Crippen molar-refractivity contribution in [3.05, 3.63) is 34.6 Å². The predicted octanol–water partition coefficient (Wildman–Crippen LogP) is 3.68. The molecule has 2 aromatic rings. The van der Waals surface area contributed by atoms with Crippen LogP contribution in [0.25, 0.3) is 10.9 Å². The van der Waals surface area contributed by atoms with Gasteiger partial charge in [0.05, 0.1) is 10.9 Å². The third-order valence-electron chi connectivity index (χ3n) is 4.56. The Morgan fingerprint density at radius 3 is 2.62 bits per heavy atom. The van der Waals surface area contributed by atoms with E-state index in [1.807, 2.05) is 23.5 Å². The average molecular weight is 419 g/mol. The molecule has 0 atom stereocenters. The highest BCUT2D eigenvalue weighted by atomic mass is 32.2. The zero-order valence-electron chi connectivity index (χ0n) is 17.1. The quantitative estimate of drug-likeness (QED) is 0.329. The van der Waals surface area contributed by atoms with E-state index < -0.39 is 11.9 Å². The van der Waals surface area contributed by atoms with Gasteiger partial charge in [-0.1, -0.05) is 63.4 Å². The first-order chi connectivity index (χ1) is 13.9. The first-order valence-electron chi connectivity index (χ1n) is 10.1. The van der Waals surface area contributed by atoms with Crippen LogP contribution in [0, 0.1) is 5.92 Å². The van der Waals surface area contributed by atoms with Crippen LogP contribution in [0.4, 0.5) is 4.79 Å². The van der Waals surface area contributed by atoms with Crippen molar-refractivity contribution in [1.29, 1.82) is 0 Å². The van der Waals surface area contributed by atoms with E-state index in [2.05, 4.69) is 18.8 Å². The van der Waals surface area contributed by atoms with Crippen LogP contribution in [0.2, 0.25) is 0 Å². The molecule has 3 amide bonds. The molecule has 0 fully saturated rings. The van der Waals surface area contributed by atoms with Crippen LogP contribution in [-0.4, -0.2) is 27.2 Å².